The minimum absolute atomic E-state index is 0.0491. The molecule has 0 bridgehead atoms. The summed E-state index contributed by atoms with van der Waals surface area (Å²) in [6.45, 7) is 13.3. The van der Waals surface area contributed by atoms with E-state index >= 15 is 0 Å². The van der Waals surface area contributed by atoms with Crippen molar-refractivity contribution < 1.29 is 62.6 Å². The molecule has 3 N–H and O–H groups in total. The number of hydrogen-bond acceptors (Lipinski definition) is 13. The lowest BCUT2D eigenvalue weighted by atomic mass is 9.98. The van der Waals surface area contributed by atoms with E-state index in [9.17, 15) is 29.7 Å². The Hall–Kier alpha value is -1.65. The van der Waals surface area contributed by atoms with Crippen LogP contribution in [0.25, 0.3) is 0 Å². The van der Waals surface area contributed by atoms with E-state index in [0.29, 0.717) is 0 Å². The van der Waals surface area contributed by atoms with Crippen LogP contribution >= 0.6 is 0 Å². The third kappa shape index (κ3) is 8.68. The van der Waals surface area contributed by atoms with Crippen LogP contribution in [0.5, 0.6) is 0 Å². The molecule has 0 aliphatic carbocycles. The lowest BCUT2D eigenvalue weighted by Crippen LogP contribution is -2.62. The fraction of sp³-hybridized carbons (Fsp3) is 0.875. The van der Waals surface area contributed by atoms with Crippen molar-refractivity contribution in [1.29, 1.82) is 0 Å². The Morgan fingerprint density at radius 2 is 1.45 bits per heavy atom. The van der Waals surface area contributed by atoms with Gasteiger partial charge in [-0.1, -0.05) is 20.8 Å². The Labute approximate surface area is 223 Å². The number of carbonyl (C=O) groups is 3. The Balaban J connectivity index is 2.22. The van der Waals surface area contributed by atoms with Crippen LogP contribution in [0.2, 0.25) is 18.1 Å². The zero-order valence-electron chi connectivity index (χ0n) is 23.2. The van der Waals surface area contributed by atoms with Gasteiger partial charge in [0.15, 0.2) is 27.0 Å². The molecule has 0 spiro atoms. The zero-order chi connectivity index (χ0) is 29.0. The maximum Gasteiger partial charge on any atom is 0.303 e. The second kappa shape index (κ2) is 13.1. The molecule has 2 rings (SSSR count). The lowest BCUT2D eigenvalue weighted by molar-refractivity contribution is -0.337. The monoisotopic (exact) mass is 566 g/mol. The Morgan fingerprint density at radius 3 is 1.97 bits per heavy atom. The highest BCUT2D eigenvalue weighted by Gasteiger charge is 2.50. The van der Waals surface area contributed by atoms with Gasteiger partial charge < -0.3 is 48.2 Å². The van der Waals surface area contributed by atoms with Crippen LogP contribution in [0.15, 0.2) is 0 Å². The summed E-state index contributed by atoms with van der Waals surface area (Å²) in [4.78, 5) is 34.9. The summed E-state index contributed by atoms with van der Waals surface area (Å²) < 4.78 is 38.9. The van der Waals surface area contributed by atoms with Crippen molar-refractivity contribution in [2.24, 2.45) is 0 Å². The van der Waals surface area contributed by atoms with Crippen molar-refractivity contribution in [3.8, 4) is 0 Å². The molecule has 9 atom stereocenters. The number of ether oxygens (including phenoxy) is 6. The molecule has 14 heteroatoms. The van der Waals surface area contributed by atoms with Gasteiger partial charge in [-0.15, -0.1) is 0 Å². The van der Waals surface area contributed by atoms with Crippen molar-refractivity contribution in [1.82, 2.24) is 0 Å². The summed E-state index contributed by atoms with van der Waals surface area (Å²) in [6.07, 6.45) is -11.8. The summed E-state index contributed by atoms with van der Waals surface area (Å²) in [7, 11) is -2.23. The SMILES string of the molecule is CC(=O)OC[C@H]1OC(O[C@@H]2[C@H](O)[C@@H](O)O[C@H](CO[Si](C)(C)C(C)(C)C)[C@H]2O)C[C@@H](OC(C)=O)[C@@H]1OC(C)=O. The first-order valence-corrected chi connectivity index (χ1v) is 15.5. The molecule has 1 unspecified atom stereocenters. The molecule has 0 aromatic carbocycles. The van der Waals surface area contributed by atoms with Gasteiger partial charge in [0.2, 0.25) is 0 Å². The van der Waals surface area contributed by atoms with E-state index < -0.39 is 81.5 Å². The summed E-state index contributed by atoms with van der Waals surface area (Å²) in [5.74, 6) is -1.96. The van der Waals surface area contributed by atoms with Gasteiger partial charge in [-0.3, -0.25) is 14.4 Å². The average molecular weight is 567 g/mol. The quantitative estimate of drug-likeness (QED) is 0.198. The fourth-order valence-electron chi connectivity index (χ4n) is 3.88. The van der Waals surface area contributed by atoms with Crippen molar-refractivity contribution in [2.45, 2.75) is 121 Å². The Morgan fingerprint density at radius 1 is 0.842 bits per heavy atom. The number of carbonyl (C=O) groups excluding carboxylic acids is 3. The maximum absolute atomic E-state index is 11.8. The first-order chi connectivity index (χ1) is 17.4. The molecule has 2 aliphatic rings. The molecule has 13 nitrogen and oxygen atoms in total. The van der Waals surface area contributed by atoms with E-state index in [1.807, 2.05) is 13.1 Å². The molecular weight excluding hydrogens is 524 g/mol. The fourth-order valence-corrected chi connectivity index (χ4v) is 4.90. The second-order valence-electron chi connectivity index (χ2n) is 11.1. The molecule has 0 radical (unpaired) electrons. The van der Waals surface area contributed by atoms with Crippen LogP contribution in [0.1, 0.15) is 48.0 Å². The van der Waals surface area contributed by atoms with Crippen LogP contribution < -0.4 is 0 Å². The van der Waals surface area contributed by atoms with Gasteiger partial charge in [0, 0.05) is 27.2 Å². The molecule has 0 saturated carbocycles. The Bertz CT molecular complexity index is 829. The van der Waals surface area contributed by atoms with E-state index in [-0.39, 0.29) is 24.7 Å². The minimum Gasteiger partial charge on any atom is -0.463 e. The van der Waals surface area contributed by atoms with Gasteiger partial charge in [-0.05, 0) is 18.1 Å². The molecule has 0 aromatic rings. The molecule has 2 aliphatic heterocycles. The minimum atomic E-state index is -2.23. The molecule has 2 fully saturated rings. The highest BCUT2D eigenvalue weighted by atomic mass is 28.4. The zero-order valence-corrected chi connectivity index (χ0v) is 24.2. The molecule has 220 valence electrons. The van der Waals surface area contributed by atoms with Crippen LogP contribution in [0.4, 0.5) is 0 Å². The summed E-state index contributed by atoms with van der Waals surface area (Å²) in [6, 6.07) is 0. The van der Waals surface area contributed by atoms with Crippen LogP contribution in [0, 0.1) is 0 Å². The standard InChI is InChI=1S/C24H42O13Si/c1-12(25)31-10-17-21(34-14(3)27)15(33-13(2)26)9-18(35-17)37-22-19(28)16(36-23(30)20(22)29)11-32-38(7,8)24(4,5)6/h15-23,28-30H,9-11H2,1-8H3/t15-,16-,17-,18?,19-,20+,21+,22+,23+/m1/s1. The predicted molar refractivity (Wildman–Crippen MR) is 132 cm³/mol. The number of rotatable bonds is 9. The lowest BCUT2D eigenvalue weighted by Gasteiger charge is -2.45. The smallest absolute Gasteiger partial charge is 0.303 e. The number of aliphatic hydroxyl groups is 3. The molecule has 0 aromatic heterocycles. The first kappa shape index (κ1) is 32.6. The largest absolute Gasteiger partial charge is 0.463 e. The number of esters is 3. The normalized spacial score (nSPS) is 34.3. The van der Waals surface area contributed by atoms with E-state index in [1.54, 1.807) is 0 Å². The first-order valence-electron chi connectivity index (χ1n) is 12.5. The van der Waals surface area contributed by atoms with Crippen LogP contribution in [0.3, 0.4) is 0 Å². The van der Waals surface area contributed by atoms with Crippen molar-refractivity contribution >= 4 is 26.2 Å². The molecule has 38 heavy (non-hydrogen) atoms. The van der Waals surface area contributed by atoms with Gasteiger partial charge >= 0.3 is 17.9 Å². The van der Waals surface area contributed by atoms with Gasteiger partial charge in [-0.2, -0.15) is 0 Å². The molecule has 2 saturated heterocycles. The van der Waals surface area contributed by atoms with E-state index in [1.165, 1.54) is 20.8 Å². The number of hydrogen-bond donors (Lipinski definition) is 3. The molecular formula is C24H42O13Si. The van der Waals surface area contributed by atoms with Gasteiger partial charge in [-0.25, -0.2) is 0 Å². The summed E-state index contributed by atoms with van der Waals surface area (Å²) in [5.41, 5.74) is 0. The molecule has 0 amide bonds. The van der Waals surface area contributed by atoms with Crippen LogP contribution in [-0.4, -0.2) is 110 Å². The van der Waals surface area contributed by atoms with E-state index in [4.69, 9.17) is 32.8 Å². The third-order valence-electron chi connectivity index (χ3n) is 6.94. The van der Waals surface area contributed by atoms with Crippen molar-refractivity contribution in [3.05, 3.63) is 0 Å². The number of aliphatic hydroxyl groups excluding tert-OH is 3. The molecule has 2 heterocycles. The highest BCUT2D eigenvalue weighted by Crippen LogP contribution is 2.37. The van der Waals surface area contributed by atoms with Crippen molar-refractivity contribution in [2.75, 3.05) is 13.2 Å². The topological polar surface area (TPSA) is 177 Å². The van der Waals surface area contributed by atoms with Gasteiger partial charge in [0.1, 0.15) is 43.2 Å². The highest BCUT2D eigenvalue weighted by molar-refractivity contribution is 6.74. The second-order valence-corrected chi connectivity index (χ2v) is 15.9. The summed E-state index contributed by atoms with van der Waals surface area (Å²) >= 11 is 0. The van der Waals surface area contributed by atoms with Gasteiger partial charge in [0.05, 0.1) is 6.61 Å². The Kier molecular flexibility index (Phi) is 11.3. The maximum atomic E-state index is 11.8. The van der Waals surface area contributed by atoms with E-state index in [2.05, 4.69) is 20.8 Å². The summed E-state index contributed by atoms with van der Waals surface area (Å²) in [5, 5.41) is 31.8. The predicted octanol–water partition coefficient (Wildman–Crippen LogP) is 0.374. The average Bonchev–Trinajstić information content (AvgIpc) is 2.77. The third-order valence-corrected chi connectivity index (χ3v) is 11.4. The van der Waals surface area contributed by atoms with Crippen LogP contribution in [-0.2, 0) is 47.2 Å². The van der Waals surface area contributed by atoms with Crippen molar-refractivity contribution in [3.63, 3.8) is 0 Å². The van der Waals surface area contributed by atoms with E-state index in [0.717, 1.165) is 0 Å². The van der Waals surface area contributed by atoms with Gasteiger partial charge in [0.25, 0.3) is 0 Å².